The molecule has 212 valence electrons. The van der Waals surface area contributed by atoms with Crippen LogP contribution >= 0.6 is 11.8 Å². The van der Waals surface area contributed by atoms with Gasteiger partial charge in [-0.25, -0.2) is 4.79 Å². The molecule has 0 spiro atoms. The van der Waals surface area contributed by atoms with E-state index in [0.717, 1.165) is 5.92 Å². The smallest absolute Gasteiger partial charge is 0.460 e. The molecule has 1 amide bonds. The number of β-lactam (4-membered cyclic amide) rings is 1. The zero-order valence-corrected chi connectivity index (χ0v) is 26.7. The molecule has 0 aromatic carbocycles. The van der Waals surface area contributed by atoms with E-state index in [4.69, 9.17) is 13.6 Å². The van der Waals surface area contributed by atoms with Crippen molar-refractivity contribution in [2.75, 3.05) is 6.61 Å². The number of carbonyl (C=O) groups excluding carboxylic acids is 2. The van der Waals surface area contributed by atoms with E-state index in [2.05, 4.69) is 40.4 Å². The molecule has 1 aromatic rings. The van der Waals surface area contributed by atoms with Crippen molar-refractivity contribution in [3.8, 4) is 0 Å². The number of carbonyl (C=O) groups is 2. The van der Waals surface area contributed by atoms with Crippen LogP contribution in [-0.2, 0) is 35.8 Å². The van der Waals surface area contributed by atoms with Gasteiger partial charge in [0, 0.05) is 5.92 Å². The predicted molar refractivity (Wildman–Crippen MR) is 157 cm³/mol. The monoisotopic (exact) mass is 619 g/mol. The van der Waals surface area contributed by atoms with E-state index < -0.39 is 14.3 Å². The van der Waals surface area contributed by atoms with Crippen LogP contribution < -0.4 is 0 Å². The average Bonchev–Trinajstić information content (AvgIpc) is 3.67. The minimum Gasteiger partial charge on any atom is -0.460 e. The van der Waals surface area contributed by atoms with Gasteiger partial charge in [0.1, 0.15) is 29.2 Å². The number of thioether (sulfide) groups is 1. The summed E-state index contributed by atoms with van der Waals surface area (Å²) in [5.41, 5.74) is 0.237. The van der Waals surface area contributed by atoms with E-state index in [1.807, 2.05) is 76.8 Å². The normalized spacial score (nSPS) is 23.6. The third kappa shape index (κ3) is 7.03. The zero-order valence-electron chi connectivity index (χ0n) is 23.8. The first-order valence-electron chi connectivity index (χ1n) is 13.1. The van der Waals surface area contributed by atoms with Crippen LogP contribution in [0.1, 0.15) is 39.2 Å². The van der Waals surface area contributed by atoms with Gasteiger partial charge in [-0.05, 0) is 95.0 Å². The molecule has 0 unspecified atom stereocenters. The van der Waals surface area contributed by atoms with Crippen LogP contribution in [0, 0.1) is 69.6 Å². The molecule has 5 rings (SSSR count). The molecular weight excluding hydrogens is 582 g/mol. The molecule has 0 bridgehead atoms. The van der Waals surface area contributed by atoms with Crippen LogP contribution in [0.15, 0.2) is 34.9 Å². The Morgan fingerprint density at radius 1 is 1.10 bits per heavy atom. The standard InChI is InChI=1S/C26H32NO5SSi.C5H5.Fe/c1-8-15-30-25(29)21-22(19-14-13-18(31-19)17-11-9-10-12-17)33-24-20(23(28)27(21)24)16(2)32-34(6,7)26(3,4)5;1-2-4-5-3-1;/h8-14,16,20,24H,1,15H2,2-7H3;1-5H;/q;;+2/t16-,20+,24-;;/m1../s1. The molecule has 3 atom stereocenters. The molecule has 6 nitrogen and oxygen atoms in total. The summed E-state index contributed by atoms with van der Waals surface area (Å²) in [5, 5.41) is -0.202. The fourth-order valence-electron chi connectivity index (χ4n) is 4.33. The molecule has 3 fully saturated rings. The van der Waals surface area contributed by atoms with Crippen molar-refractivity contribution in [1.82, 2.24) is 4.90 Å². The van der Waals surface area contributed by atoms with Crippen molar-refractivity contribution < 1.29 is 40.2 Å². The Labute approximate surface area is 256 Å². The molecule has 9 heteroatoms. The number of ether oxygens (including phenoxy) is 1. The van der Waals surface area contributed by atoms with Crippen LogP contribution in [0.2, 0.25) is 18.1 Å². The Bertz CT molecular complexity index is 1080. The molecule has 1 saturated heterocycles. The molecule has 2 aliphatic carbocycles. The maximum absolute atomic E-state index is 13.3. The Balaban J connectivity index is 0.000000662. The molecular formula is C31H37FeNO5SSi+2. The van der Waals surface area contributed by atoms with Gasteiger partial charge in [0.05, 0.1) is 16.9 Å². The van der Waals surface area contributed by atoms with E-state index in [1.54, 1.807) is 4.90 Å². The van der Waals surface area contributed by atoms with Gasteiger partial charge in [-0.2, -0.15) is 0 Å². The Kier molecular flexibility index (Phi) is 11.5. The second-order valence-corrected chi connectivity index (χ2v) is 17.1. The number of rotatable bonds is 8. The summed E-state index contributed by atoms with van der Waals surface area (Å²) in [4.78, 5) is 28.5. The van der Waals surface area contributed by atoms with Gasteiger partial charge in [0.25, 0.3) is 0 Å². The van der Waals surface area contributed by atoms with E-state index in [1.165, 1.54) is 17.8 Å². The van der Waals surface area contributed by atoms with Crippen LogP contribution in [0.5, 0.6) is 0 Å². The first kappa shape index (κ1) is 33.3. The van der Waals surface area contributed by atoms with Crippen molar-refractivity contribution in [3.63, 3.8) is 0 Å². The van der Waals surface area contributed by atoms with Gasteiger partial charge in [0.15, 0.2) is 8.32 Å². The number of hydrogen-bond acceptors (Lipinski definition) is 6. The van der Waals surface area contributed by atoms with Crippen molar-refractivity contribution in [3.05, 3.63) is 106 Å². The molecule has 4 aliphatic rings. The summed E-state index contributed by atoms with van der Waals surface area (Å²) in [6.45, 7) is 16.6. The fraction of sp³-hybridized carbons (Fsp3) is 0.355. The number of amides is 1. The van der Waals surface area contributed by atoms with Gasteiger partial charge in [-0.1, -0.05) is 45.2 Å². The van der Waals surface area contributed by atoms with Gasteiger partial charge in [0.2, 0.25) is 5.91 Å². The summed E-state index contributed by atoms with van der Waals surface area (Å²) >= 11 is 1.47. The van der Waals surface area contributed by atoms with E-state index in [0.29, 0.717) is 16.4 Å². The minimum atomic E-state index is -2.07. The largest absolute Gasteiger partial charge is 2.00 e. The Morgan fingerprint density at radius 3 is 2.23 bits per heavy atom. The maximum atomic E-state index is 13.3. The molecule has 2 saturated carbocycles. The van der Waals surface area contributed by atoms with Gasteiger partial charge in [-0.3, -0.25) is 9.69 Å². The first-order chi connectivity index (χ1) is 18.5. The van der Waals surface area contributed by atoms with Gasteiger partial charge >= 0.3 is 23.0 Å². The second kappa shape index (κ2) is 13.8. The van der Waals surface area contributed by atoms with Gasteiger partial charge in [-0.15, -0.1) is 0 Å². The van der Waals surface area contributed by atoms with E-state index in [-0.39, 0.29) is 57.7 Å². The SMILES string of the molecule is C=CCOC(=O)C1=C(c2ccc([C]3[CH][CH][CH][CH]3)o2)S[C@@H]2[C@@H]([C@@H](C)O[Si](C)(C)C(C)(C)C)C(=O)N12.[CH]1[CH][CH][CH][CH]1.[Fe+2]. The number of esters is 1. The number of furan rings is 1. The quantitative estimate of drug-likeness (QED) is 0.145. The molecule has 10 radical (unpaired) electrons. The number of nitrogens with zero attached hydrogens (tertiary/aromatic N) is 1. The Morgan fingerprint density at radius 2 is 1.68 bits per heavy atom. The van der Waals surface area contributed by atoms with E-state index >= 15 is 0 Å². The van der Waals surface area contributed by atoms with E-state index in [9.17, 15) is 9.59 Å². The predicted octanol–water partition coefficient (Wildman–Crippen LogP) is 6.39. The summed E-state index contributed by atoms with van der Waals surface area (Å²) in [6, 6.07) is 3.72. The third-order valence-electron chi connectivity index (χ3n) is 7.43. The maximum Gasteiger partial charge on any atom is 2.00 e. The summed E-state index contributed by atoms with van der Waals surface area (Å²) < 4.78 is 18.0. The second-order valence-electron chi connectivity index (χ2n) is 11.2. The van der Waals surface area contributed by atoms with Crippen molar-refractivity contribution >= 4 is 36.9 Å². The average molecular weight is 620 g/mol. The summed E-state index contributed by atoms with van der Waals surface area (Å²) in [6.07, 6.45) is 19.1. The fourth-order valence-corrected chi connectivity index (χ4v) is 7.32. The molecule has 2 aliphatic heterocycles. The molecule has 40 heavy (non-hydrogen) atoms. The zero-order chi connectivity index (χ0) is 28.4. The van der Waals surface area contributed by atoms with Crippen LogP contribution in [0.4, 0.5) is 0 Å². The van der Waals surface area contributed by atoms with Crippen LogP contribution in [0.3, 0.4) is 0 Å². The minimum absolute atomic E-state index is 0. The van der Waals surface area contributed by atoms with Crippen molar-refractivity contribution in [2.24, 2.45) is 5.92 Å². The Hall–Kier alpha value is -1.25. The van der Waals surface area contributed by atoms with Crippen molar-refractivity contribution in [2.45, 2.75) is 57.3 Å². The molecule has 0 N–H and O–H groups in total. The van der Waals surface area contributed by atoms with Crippen LogP contribution in [0.25, 0.3) is 4.91 Å². The van der Waals surface area contributed by atoms with Gasteiger partial charge < -0.3 is 13.6 Å². The third-order valence-corrected chi connectivity index (χ3v) is 13.4. The molecule has 1 aromatic heterocycles. The topological polar surface area (TPSA) is 69.0 Å². The first-order valence-corrected chi connectivity index (χ1v) is 16.9. The summed E-state index contributed by atoms with van der Waals surface area (Å²) in [5.74, 6) is 1.19. The molecule has 3 heterocycles. The van der Waals surface area contributed by atoms with Crippen LogP contribution in [-0.4, -0.2) is 43.2 Å². The summed E-state index contributed by atoms with van der Waals surface area (Å²) in [7, 11) is -2.07. The van der Waals surface area contributed by atoms with Crippen molar-refractivity contribution in [1.29, 1.82) is 0 Å². The number of hydrogen-bond donors (Lipinski definition) is 0. The number of fused-ring (bicyclic) bond motifs is 1.